The summed E-state index contributed by atoms with van der Waals surface area (Å²) in [6.07, 6.45) is 4.85. The van der Waals surface area contributed by atoms with Crippen molar-refractivity contribution in [1.82, 2.24) is 19.9 Å². The van der Waals surface area contributed by atoms with Gasteiger partial charge in [-0.2, -0.15) is 0 Å². The Kier molecular flexibility index (Phi) is 6.26. The third kappa shape index (κ3) is 4.61. The summed E-state index contributed by atoms with van der Waals surface area (Å²) in [5.74, 6) is 1.56. The van der Waals surface area contributed by atoms with Crippen molar-refractivity contribution >= 4 is 11.6 Å². The second kappa shape index (κ2) is 9.43. The Morgan fingerprint density at radius 3 is 2.40 bits per heavy atom. The second-order valence-corrected chi connectivity index (χ2v) is 6.91. The van der Waals surface area contributed by atoms with E-state index in [1.54, 1.807) is 61.1 Å². The highest BCUT2D eigenvalue weighted by Gasteiger charge is 2.21. The van der Waals surface area contributed by atoms with Gasteiger partial charge in [0.15, 0.2) is 5.82 Å². The SMILES string of the molecule is O=C(c1ccc(Oc2nccnc2N2CCN(CCO)CC2)cc1)c1ccccn1. The van der Waals surface area contributed by atoms with Crippen molar-refractivity contribution in [2.45, 2.75) is 0 Å². The number of anilines is 1. The number of carbonyl (C=O) groups is 1. The van der Waals surface area contributed by atoms with Crippen LogP contribution in [0.15, 0.2) is 61.1 Å². The molecule has 154 valence electrons. The highest BCUT2D eigenvalue weighted by molar-refractivity contribution is 6.07. The maximum absolute atomic E-state index is 12.5. The zero-order chi connectivity index (χ0) is 20.8. The van der Waals surface area contributed by atoms with Crippen LogP contribution in [0.5, 0.6) is 11.6 Å². The lowest BCUT2D eigenvalue weighted by molar-refractivity contribution is 0.103. The molecule has 1 N–H and O–H groups in total. The average Bonchev–Trinajstić information content (AvgIpc) is 2.81. The van der Waals surface area contributed by atoms with Gasteiger partial charge in [-0.05, 0) is 36.4 Å². The summed E-state index contributed by atoms with van der Waals surface area (Å²) in [6, 6.07) is 12.2. The predicted octanol–water partition coefficient (Wildman–Crippen LogP) is 2.01. The molecule has 2 aromatic heterocycles. The summed E-state index contributed by atoms with van der Waals surface area (Å²) in [5, 5.41) is 9.11. The van der Waals surface area contributed by atoms with E-state index in [4.69, 9.17) is 9.84 Å². The van der Waals surface area contributed by atoms with Crippen molar-refractivity contribution in [2.75, 3.05) is 44.2 Å². The van der Waals surface area contributed by atoms with Crippen molar-refractivity contribution in [1.29, 1.82) is 0 Å². The maximum Gasteiger partial charge on any atom is 0.263 e. The van der Waals surface area contributed by atoms with E-state index in [1.165, 1.54) is 0 Å². The van der Waals surface area contributed by atoms with E-state index >= 15 is 0 Å². The molecule has 0 unspecified atom stereocenters. The zero-order valence-electron chi connectivity index (χ0n) is 16.5. The lowest BCUT2D eigenvalue weighted by Gasteiger charge is -2.35. The molecule has 1 aliphatic heterocycles. The van der Waals surface area contributed by atoms with Crippen LogP contribution < -0.4 is 9.64 Å². The molecular formula is C22H23N5O3. The summed E-state index contributed by atoms with van der Waals surface area (Å²) in [6.45, 7) is 4.11. The minimum atomic E-state index is -0.136. The molecule has 0 radical (unpaired) electrons. The van der Waals surface area contributed by atoms with E-state index < -0.39 is 0 Å². The first-order valence-electron chi connectivity index (χ1n) is 9.87. The minimum absolute atomic E-state index is 0.136. The van der Waals surface area contributed by atoms with Gasteiger partial charge in [-0.15, -0.1) is 0 Å². The lowest BCUT2D eigenvalue weighted by atomic mass is 10.1. The molecule has 3 heterocycles. The van der Waals surface area contributed by atoms with E-state index in [9.17, 15) is 4.79 Å². The quantitative estimate of drug-likeness (QED) is 0.597. The van der Waals surface area contributed by atoms with Crippen LogP contribution >= 0.6 is 0 Å². The van der Waals surface area contributed by atoms with Crippen LogP contribution in [0.25, 0.3) is 0 Å². The van der Waals surface area contributed by atoms with Crippen molar-refractivity contribution in [3.8, 4) is 11.6 Å². The standard InChI is InChI=1S/C22H23N5O3/c28-16-15-26-11-13-27(14-12-26)21-22(25-10-9-24-21)30-18-6-4-17(5-7-18)20(29)19-3-1-2-8-23-19/h1-10,28H,11-16H2. The van der Waals surface area contributed by atoms with E-state index in [-0.39, 0.29) is 12.4 Å². The van der Waals surface area contributed by atoms with Gasteiger partial charge in [0.25, 0.3) is 5.88 Å². The number of hydrogen-bond acceptors (Lipinski definition) is 8. The van der Waals surface area contributed by atoms with Crippen LogP contribution in [0.2, 0.25) is 0 Å². The number of aliphatic hydroxyl groups excluding tert-OH is 1. The second-order valence-electron chi connectivity index (χ2n) is 6.91. The van der Waals surface area contributed by atoms with Gasteiger partial charge in [0.2, 0.25) is 5.78 Å². The van der Waals surface area contributed by atoms with Crippen molar-refractivity contribution in [3.63, 3.8) is 0 Å². The summed E-state index contributed by atoms with van der Waals surface area (Å²) < 4.78 is 5.98. The molecule has 30 heavy (non-hydrogen) atoms. The Morgan fingerprint density at radius 2 is 1.70 bits per heavy atom. The molecule has 0 bridgehead atoms. The fraction of sp³-hybridized carbons (Fsp3) is 0.273. The van der Waals surface area contributed by atoms with E-state index in [2.05, 4.69) is 24.8 Å². The first kappa shape index (κ1) is 19.9. The number of β-amino-alcohol motifs (C(OH)–C–C–N with tert-alkyl or cyclic N) is 1. The monoisotopic (exact) mass is 405 g/mol. The molecule has 1 fully saturated rings. The molecule has 0 atom stereocenters. The summed E-state index contributed by atoms with van der Waals surface area (Å²) >= 11 is 0. The normalized spacial score (nSPS) is 14.5. The van der Waals surface area contributed by atoms with Gasteiger partial charge >= 0.3 is 0 Å². The number of pyridine rings is 1. The van der Waals surface area contributed by atoms with E-state index in [1.807, 2.05) is 0 Å². The van der Waals surface area contributed by atoms with Gasteiger partial charge < -0.3 is 14.7 Å². The first-order chi connectivity index (χ1) is 14.7. The van der Waals surface area contributed by atoms with Crippen LogP contribution in [-0.4, -0.2) is 70.1 Å². The van der Waals surface area contributed by atoms with Crippen LogP contribution in [0.1, 0.15) is 16.1 Å². The van der Waals surface area contributed by atoms with Crippen molar-refractivity contribution in [2.24, 2.45) is 0 Å². The zero-order valence-corrected chi connectivity index (χ0v) is 16.5. The molecule has 4 rings (SSSR count). The molecule has 1 aromatic carbocycles. The number of nitrogens with zero attached hydrogens (tertiary/aromatic N) is 5. The number of hydrogen-bond donors (Lipinski definition) is 1. The molecule has 0 spiro atoms. The fourth-order valence-corrected chi connectivity index (χ4v) is 3.36. The van der Waals surface area contributed by atoms with Crippen LogP contribution in [0, 0.1) is 0 Å². The highest BCUT2D eigenvalue weighted by atomic mass is 16.5. The number of benzene rings is 1. The van der Waals surface area contributed by atoms with Crippen LogP contribution in [0.3, 0.4) is 0 Å². The number of aliphatic hydroxyl groups is 1. The molecule has 3 aromatic rings. The Hall–Kier alpha value is -3.36. The van der Waals surface area contributed by atoms with Crippen molar-refractivity contribution in [3.05, 3.63) is 72.3 Å². The number of aromatic nitrogens is 3. The first-order valence-corrected chi connectivity index (χ1v) is 9.87. The van der Waals surface area contributed by atoms with E-state index in [0.717, 1.165) is 26.2 Å². The number of ether oxygens (including phenoxy) is 1. The van der Waals surface area contributed by atoms with Crippen LogP contribution in [0.4, 0.5) is 5.82 Å². The molecular weight excluding hydrogens is 382 g/mol. The highest BCUT2D eigenvalue weighted by Crippen LogP contribution is 2.29. The Balaban J connectivity index is 1.46. The maximum atomic E-state index is 12.5. The van der Waals surface area contributed by atoms with Gasteiger partial charge in [-0.1, -0.05) is 6.07 Å². The summed E-state index contributed by atoms with van der Waals surface area (Å²) in [4.78, 5) is 29.8. The molecule has 0 aliphatic carbocycles. The summed E-state index contributed by atoms with van der Waals surface area (Å²) in [7, 11) is 0. The Bertz CT molecular complexity index is 974. The minimum Gasteiger partial charge on any atom is -0.436 e. The molecule has 1 aliphatic rings. The van der Waals surface area contributed by atoms with Gasteiger partial charge in [-0.25, -0.2) is 9.97 Å². The molecule has 0 amide bonds. The Labute approximate surface area is 174 Å². The lowest BCUT2D eigenvalue weighted by Crippen LogP contribution is -2.47. The fourth-order valence-electron chi connectivity index (χ4n) is 3.36. The van der Waals surface area contributed by atoms with Gasteiger partial charge in [0, 0.05) is 56.9 Å². The van der Waals surface area contributed by atoms with Gasteiger partial charge in [-0.3, -0.25) is 14.7 Å². The third-order valence-corrected chi connectivity index (χ3v) is 4.96. The molecule has 0 saturated carbocycles. The smallest absolute Gasteiger partial charge is 0.263 e. The number of piperazine rings is 1. The van der Waals surface area contributed by atoms with Gasteiger partial charge in [0.05, 0.1) is 6.61 Å². The van der Waals surface area contributed by atoms with Crippen LogP contribution in [-0.2, 0) is 0 Å². The molecule has 1 saturated heterocycles. The number of rotatable bonds is 7. The largest absolute Gasteiger partial charge is 0.436 e. The van der Waals surface area contributed by atoms with Gasteiger partial charge in [0.1, 0.15) is 11.4 Å². The Morgan fingerprint density at radius 1 is 0.933 bits per heavy atom. The summed E-state index contributed by atoms with van der Waals surface area (Å²) in [5.41, 5.74) is 0.947. The van der Waals surface area contributed by atoms with Crippen molar-refractivity contribution < 1.29 is 14.6 Å². The predicted molar refractivity (Wildman–Crippen MR) is 112 cm³/mol. The third-order valence-electron chi connectivity index (χ3n) is 4.96. The topological polar surface area (TPSA) is 91.7 Å². The molecule has 8 nitrogen and oxygen atoms in total. The number of ketones is 1. The average molecular weight is 405 g/mol. The molecule has 8 heteroatoms. The number of carbonyl (C=O) groups excluding carboxylic acids is 1. The van der Waals surface area contributed by atoms with E-state index in [0.29, 0.717) is 35.2 Å².